The van der Waals surface area contributed by atoms with E-state index in [2.05, 4.69) is 21.2 Å². The number of amides is 1. The topological polar surface area (TPSA) is 63.2 Å². The normalized spacial score (nSPS) is 17.8. The Morgan fingerprint density at radius 2 is 2.11 bits per heavy atom. The van der Waals surface area contributed by atoms with Gasteiger partial charge in [0.15, 0.2) is 9.84 Å². The lowest BCUT2D eigenvalue weighted by Gasteiger charge is -2.24. The number of halogens is 1. The second kappa shape index (κ2) is 5.63. The van der Waals surface area contributed by atoms with Gasteiger partial charge in [-0.2, -0.15) is 0 Å². The highest BCUT2D eigenvalue weighted by atomic mass is 79.9. The van der Waals surface area contributed by atoms with Crippen LogP contribution in [0, 0.1) is 12.8 Å². The van der Waals surface area contributed by atoms with E-state index in [0.29, 0.717) is 6.54 Å². The third-order valence-corrected chi connectivity index (χ3v) is 6.03. The molecule has 0 bridgehead atoms. The van der Waals surface area contributed by atoms with Gasteiger partial charge in [0, 0.05) is 11.0 Å². The van der Waals surface area contributed by atoms with E-state index < -0.39 is 9.84 Å². The third-order valence-electron chi connectivity index (χ3n) is 3.35. The van der Waals surface area contributed by atoms with Crippen LogP contribution in [-0.4, -0.2) is 32.4 Å². The standard InChI is InChI=1S/C13H16BrNO3S/c1-9-10(3-2-4-12(9)14)5-6-15-13(16)11-7-19(17,18)8-11/h2-4,11H,5-8H2,1H3,(H,15,16). The predicted octanol–water partition coefficient (Wildman–Crippen LogP) is 1.46. The van der Waals surface area contributed by atoms with E-state index in [0.717, 1.165) is 10.9 Å². The van der Waals surface area contributed by atoms with Gasteiger partial charge in [-0.25, -0.2) is 8.42 Å². The van der Waals surface area contributed by atoms with Crippen molar-refractivity contribution < 1.29 is 13.2 Å². The molecule has 19 heavy (non-hydrogen) atoms. The van der Waals surface area contributed by atoms with Crippen molar-refractivity contribution in [1.82, 2.24) is 5.32 Å². The van der Waals surface area contributed by atoms with Crippen LogP contribution in [0.3, 0.4) is 0 Å². The molecule has 0 unspecified atom stereocenters. The Kier molecular flexibility index (Phi) is 4.30. The Balaban J connectivity index is 1.81. The molecule has 1 fully saturated rings. The Hall–Kier alpha value is -0.880. The maximum absolute atomic E-state index is 11.7. The predicted molar refractivity (Wildman–Crippen MR) is 77.7 cm³/mol. The molecule has 1 aliphatic heterocycles. The number of carbonyl (C=O) groups excluding carboxylic acids is 1. The Morgan fingerprint density at radius 1 is 1.42 bits per heavy atom. The van der Waals surface area contributed by atoms with E-state index in [4.69, 9.17) is 0 Å². The Morgan fingerprint density at radius 3 is 2.74 bits per heavy atom. The van der Waals surface area contributed by atoms with Crippen LogP contribution < -0.4 is 5.32 Å². The Bertz CT molecular complexity index is 586. The first kappa shape index (κ1) is 14.5. The van der Waals surface area contributed by atoms with Crippen LogP contribution in [0.1, 0.15) is 11.1 Å². The maximum atomic E-state index is 11.7. The van der Waals surface area contributed by atoms with E-state index in [1.165, 1.54) is 11.1 Å². The number of rotatable bonds is 4. The summed E-state index contributed by atoms with van der Waals surface area (Å²) < 4.78 is 23.0. The van der Waals surface area contributed by atoms with Gasteiger partial charge in [0.05, 0.1) is 17.4 Å². The van der Waals surface area contributed by atoms with Gasteiger partial charge < -0.3 is 5.32 Å². The molecule has 0 aliphatic carbocycles. The highest BCUT2D eigenvalue weighted by Crippen LogP contribution is 2.20. The average Bonchev–Trinajstić information content (AvgIpc) is 2.31. The van der Waals surface area contributed by atoms with Gasteiger partial charge in [-0.1, -0.05) is 28.1 Å². The van der Waals surface area contributed by atoms with Crippen molar-refractivity contribution in [3.8, 4) is 0 Å². The van der Waals surface area contributed by atoms with Crippen molar-refractivity contribution in [1.29, 1.82) is 0 Å². The summed E-state index contributed by atoms with van der Waals surface area (Å²) in [6.45, 7) is 2.56. The van der Waals surface area contributed by atoms with Gasteiger partial charge in [-0.05, 0) is 30.5 Å². The molecule has 0 atom stereocenters. The molecule has 1 saturated heterocycles. The zero-order chi connectivity index (χ0) is 14.0. The van der Waals surface area contributed by atoms with Crippen LogP contribution in [0.25, 0.3) is 0 Å². The molecule has 1 aliphatic rings. The molecule has 1 aromatic rings. The number of nitrogens with one attached hydrogen (secondary N) is 1. The van der Waals surface area contributed by atoms with E-state index in [9.17, 15) is 13.2 Å². The van der Waals surface area contributed by atoms with Gasteiger partial charge in [-0.3, -0.25) is 4.79 Å². The van der Waals surface area contributed by atoms with Crippen molar-refractivity contribution in [3.63, 3.8) is 0 Å². The number of carbonyl (C=O) groups is 1. The summed E-state index contributed by atoms with van der Waals surface area (Å²) in [6, 6.07) is 5.98. The largest absolute Gasteiger partial charge is 0.355 e. The fraction of sp³-hybridized carbons (Fsp3) is 0.462. The lowest BCUT2D eigenvalue weighted by Crippen LogP contribution is -2.47. The fourth-order valence-corrected chi connectivity index (χ4v) is 3.94. The maximum Gasteiger partial charge on any atom is 0.225 e. The zero-order valence-corrected chi connectivity index (χ0v) is 13.1. The van der Waals surface area contributed by atoms with Crippen molar-refractivity contribution in [2.75, 3.05) is 18.1 Å². The van der Waals surface area contributed by atoms with Crippen LogP contribution >= 0.6 is 15.9 Å². The minimum absolute atomic E-state index is 0.00521. The minimum Gasteiger partial charge on any atom is -0.355 e. The molecule has 1 amide bonds. The van der Waals surface area contributed by atoms with Gasteiger partial charge in [0.1, 0.15) is 0 Å². The van der Waals surface area contributed by atoms with E-state index in [1.54, 1.807) is 0 Å². The molecule has 1 N–H and O–H groups in total. The third kappa shape index (κ3) is 3.57. The SMILES string of the molecule is Cc1c(Br)cccc1CCNC(=O)C1CS(=O)(=O)C1. The summed E-state index contributed by atoms with van der Waals surface area (Å²) in [7, 11) is -2.93. The summed E-state index contributed by atoms with van der Waals surface area (Å²) in [4.78, 5) is 11.7. The fourth-order valence-electron chi connectivity index (χ4n) is 2.10. The van der Waals surface area contributed by atoms with Crippen LogP contribution in [0.5, 0.6) is 0 Å². The molecule has 6 heteroatoms. The van der Waals surface area contributed by atoms with Crippen LogP contribution in [0.15, 0.2) is 22.7 Å². The average molecular weight is 346 g/mol. The van der Waals surface area contributed by atoms with Gasteiger partial charge in [0.25, 0.3) is 0 Å². The molecular weight excluding hydrogens is 330 g/mol. The number of sulfone groups is 1. The smallest absolute Gasteiger partial charge is 0.225 e. The van der Waals surface area contributed by atoms with Gasteiger partial charge in [-0.15, -0.1) is 0 Å². The van der Waals surface area contributed by atoms with Crippen molar-refractivity contribution >= 4 is 31.7 Å². The first-order valence-corrected chi connectivity index (χ1v) is 8.72. The molecule has 1 aromatic carbocycles. The lowest BCUT2D eigenvalue weighted by molar-refractivity contribution is -0.124. The summed E-state index contributed by atoms with van der Waals surface area (Å²) in [5.41, 5.74) is 2.35. The minimum atomic E-state index is -2.93. The molecule has 0 spiro atoms. The van der Waals surface area contributed by atoms with Crippen LogP contribution in [0.2, 0.25) is 0 Å². The molecule has 0 aromatic heterocycles. The van der Waals surface area contributed by atoms with Crippen molar-refractivity contribution in [2.45, 2.75) is 13.3 Å². The van der Waals surface area contributed by atoms with Crippen LogP contribution in [0.4, 0.5) is 0 Å². The summed E-state index contributed by atoms with van der Waals surface area (Å²) in [5.74, 6) is -0.514. The van der Waals surface area contributed by atoms with E-state index in [1.807, 2.05) is 25.1 Å². The van der Waals surface area contributed by atoms with Crippen molar-refractivity contribution in [2.24, 2.45) is 5.92 Å². The van der Waals surface area contributed by atoms with E-state index in [-0.39, 0.29) is 23.3 Å². The zero-order valence-electron chi connectivity index (χ0n) is 10.6. The monoisotopic (exact) mass is 345 g/mol. The first-order chi connectivity index (χ1) is 8.89. The number of hydrogen-bond donors (Lipinski definition) is 1. The van der Waals surface area contributed by atoms with Crippen molar-refractivity contribution in [3.05, 3.63) is 33.8 Å². The molecule has 4 nitrogen and oxygen atoms in total. The van der Waals surface area contributed by atoms with Crippen LogP contribution in [-0.2, 0) is 21.1 Å². The highest BCUT2D eigenvalue weighted by Gasteiger charge is 2.38. The lowest BCUT2D eigenvalue weighted by atomic mass is 10.1. The number of benzene rings is 1. The molecule has 0 saturated carbocycles. The summed E-state index contributed by atoms with van der Waals surface area (Å²) in [5, 5.41) is 2.80. The second-order valence-electron chi connectivity index (χ2n) is 4.84. The molecule has 1 heterocycles. The highest BCUT2D eigenvalue weighted by molar-refractivity contribution is 9.10. The quantitative estimate of drug-likeness (QED) is 0.898. The molecule has 0 radical (unpaired) electrons. The number of hydrogen-bond acceptors (Lipinski definition) is 3. The summed E-state index contributed by atoms with van der Waals surface area (Å²) >= 11 is 3.47. The Labute approximate surface area is 121 Å². The van der Waals surface area contributed by atoms with Gasteiger partial charge >= 0.3 is 0 Å². The summed E-state index contributed by atoms with van der Waals surface area (Å²) in [6.07, 6.45) is 0.747. The molecule has 104 valence electrons. The molecular formula is C13H16BrNO3S. The van der Waals surface area contributed by atoms with Gasteiger partial charge in [0.2, 0.25) is 5.91 Å². The second-order valence-corrected chi connectivity index (χ2v) is 7.85. The van der Waals surface area contributed by atoms with E-state index >= 15 is 0 Å². The first-order valence-electron chi connectivity index (χ1n) is 6.11. The molecule has 2 rings (SSSR count).